The third-order valence-corrected chi connectivity index (χ3v) is 3.51. The van der Waals surface area contributed by atoms with Crippen molar-refractivity contribution >= 4 is 5.84 Å². The molecule has 2 aromatic rings. The van der Waals surface area contributed by atoms with Crippen molar-refractivity contribution in [1.29, 1.82) is 0 Å². The second-order valence-corrected chi connectivity index (χ2v) is 5.22. The number of oxime groups is 1. The van der Waals surface area contributed by atoms with Crippen LogP contribution in [0, 0.1) is 13.8 Å². The topological polar surface area (TPSA) is 70.6 Å². The number of nitrogens with one attached hydrogen (secondary N) is 1. The first kappa shape index (κ1) is 15.1. The van der Waals surface area contributed by atoms with E-state index in [-0.39, 0.29) is 5.84 Å². The van der Waals surface area contributed by atoms with Crippen molar-refractivity contribution in [3.05, 3.63) is 70.3 Å². The Morgan fingerprint density at radius 1 is 1.10 bits per heavy atom. The van der Waals surface area contributed by atoms with Gasteiger partial charge in [0.1, 0.15) is 0 Å². The summed E-state index contributed by atoms with van der Waals surface area (Å²) in [7, 11) is 0. The molecule has 21 heavy (non-hydrogen) atoms. The molecule has 110 valence electrons. The number of hydrogen-bond acceptors (Lipinski definition) is 3. The zero-order chi connectivity index (χ0) is 15.2. The Labute approximate surface area is 125 Å². The standard InChI is InChI=1S/C17H21N3O/c1-12-3-5-14(6-4-12)10-19-11-16-8-7-15(9-13(16)2)17(18)20-21/h3-9,19,21H,10-11H2,1-2H3,(H2,18,20). The van der Waals surface area contributed by atoms with Crippen molar-refractivity contribution in [2.45, 2.75) is 26.9 Å². The van der Waals surface area contributed by atoms with Gasteiger partial charge in [0.25, 0.3) is 0 Å². The van der Waals surface area contributed by atoms with Crippen LogP contribution in [0.25, 0.3) is 0 Å². The molecule has 0 spiro atoms. The van der Waals surface area contributed by atoms with Gasteiger partial charge in [-0.1, -0.05) is 47.1 Å². The summed E-state index contributed by atoms with van der Waals surface area (Å²) in [6.07, 6.45) is 0. The maximum atomic E-state index is 8.69. The number of benzene rings is 2. The third-order valence-electron chi connectivity index (χ3n) is 3.51. The maximum Gasteiger partial charge on any atom is 0.170 e. The molecule has 0 aliphatic rings. The molecule has 0 fully saturated rings. The quantitative estimate of drug-likeness (QED) is 0.342. The van der Waals surface area contributed by atoms with Gasteiger partial charge in [0, 0.05) is 18.7 Å². The highest BCUT2D eigenvalue weighted by atomic mass is 16.4. The molecule has 2 rings (SSSR count). The summed E-state index contributed by atoms with van der Waals surface area (Å²) in [6, 6.07) is 14.3. The molecule has 0 heterocycles. The van der Waals surface area contributed by atoms with Gasteiger partial charge in [0.05, 0.1) is 0 Å². The van der Waals surface area contributed by atoms with Crippen LogP contribution in [0.1, 0.15) is 27.8 Å². The number of aryl methyl sites for hydroxylation is 2. The second kappa shape index (κ2) is 6.90. The van der Waals surface area contributed by atoms with E-state index in [1.807, 2.05) is 25.1 Å². The summed E-state index contributed by atoms with van der Waals surface area (Å²) >= 11 is 0. The molecular formula is C17H21N3O. The molecule has 0 atom stereocenters. The molecule has 4 heteroatoms. The predicted molar refractivity (Wildman–Crippen MR) is 85.4 cm³/mol. The van der Waals surface area contributed by atoms with Gasteiger partial charge < -0.3 is 16.3 Å². The zero-order valence-electron chi connectivity index (χ0n) is 12.4. The minimum atomic E-state index is 0.136. The molecule has 0 bridgehead atoms. The molecule has 0 aliphatic heterocycles. The van der Waals surface area contributed by atoms with Crippen LogP contribution in [0.5, 0.6) is 0 Å². The molecule has 0 saturated heterocycles. The Hall–Kier alpha value is -2.33. The first-order valence-corrected chi connectivity index (χ1v) is 6.94. The first-order chi connectivity index (χ1) is 10.1. The molecule has 0 saturated carbocycles. The average Bonchev–Trinajstić information content (AvgIpc) is 2.50. The van der Waals surface area contributed by atoms with E-state index in [9.17, 15) is 0 Å². The molecule has 0 amide bonds. The van der Waals surface area contributed by atoms with E-state index < -0.39 is 0 Å². The molecule has 0 aromatic heterocycles. The summed E-state index contributed by atoms with van der Waals surface area (Å²) in [5.74, 6) is 0.136. The summed E-state index contributed by atoms with van der Waals surface area (Å²) in [4.78, 5) is 0. The van der Waals surface area contributed by atoms with Crippen LogP contribution in [-0.2, 0) is 13.1 Å². The molecular weight excluding hydrogens is 262 g/mol. The zero-order valence-corrected chi connectivity index (χ0v) is 12.4. The van der Waals surface area contributed by atoms with E-state index in [1.165, 1.54) is 16.7 Å². The van der Waals surface area contributed by atoms with Crippen LogP contribution >= 0.6 is 0 Å². The van der Waals surface area contributed by atoms with Crippen LogP contribution in [0.3, 0.4) is 0 Å². The Kier molecular flexibility index (Phi) is 4.95. The fourth-order valence-electron chi connectivity index (χ4n) is 2.16. The maximum absolute atomic E-state index is 8.69. The van der Waals surface area contributed by atoms with Gasteiger partial charge in [-0.2, -0.15) is 0 Å². The van der Waals surface area contributed by atoms with Crippen molar-refractivity contribution in [2.75, 3.05) is 0 Å². The van der Waals surface area contributed by atoms with Gasteiger partial charge in [-0.15, -0.1) is 0 Å². The fraction of sp³-hybridized carbons (Fsp3) is 0.235. The van der Waals surface area contributed by atoms with Crippen LogP contribution < -0.4 is 11.1 Å². The number of nitrogens with zero attached hydrogens (tertiary/aromatic N) is 1. The fourth-order valence-corrected chi connectivity index (χ4v) is 2.16. The lowest BCUT2D eigenvalue weighted by Crippen LogP contribution is -2.16. The van der Waals surface area contributed by atoms with E-state index in [2.05, 4.69) is 41.7 Å². The Balaban J connectivity index is 1.96. The highest BCUT2D eigenvalue weighted by molar-refractivity contribution is 5.97. The van der Waals surface area contributed by atoms with Crippen LogP contribution in [0.2, 0.25) is 0 Å². The molecule has 0 aliphatic carbocycles. The van der Waals surface area contributed by atoms with Crippen LogP contribution in [-0.4, -0.2) is 11.0 Å². The normalized spacial score (nSPS) is 11.6. The lowest BCUT2D eigenvalue weighted by molar-refractivity contribution is 0.318. The van der Waals surface area contributed by atoms with Crippen LogP contribution in [0.4, 0.5) is 0 Å². The number of hydrogen-bond donors (Lipinski definition) is 3. The summed E-state index contributed by atoms with van der Waals surface area (Å²) < 4.78 is 0. The summed E-state index contributed by atoms with van der Waals surface area (Å²) in [5, 5.41) is 15.1. The summed E-state index contributed by atoms with van der Waals surface area (Å²) in [6.45, 7) is 5.73. The molecule has 0 unspecified atom stereocenters. The van der Waals surface area contributed by atoms with E-state index in [0.717, 1.165) is 24.2 Å². The molecule has 2 aromatic carbocycles. The van der Waals surface area contributed by atoms with Gasteiger partial charge in [-0.3, -0.25) is 0 Å². The average molecular weight is 283 g/mol. The number of nitrogens with two attached hydrogens (primary N) is 1. The van der Waals surface area contributed by atoms with Crippen molar-refractivity contribution < 1.29 is 5.21 Å². The largest absolute Gasteiger partial charge is 0.409 e. The van der Waals surface area contributed by atoms with Crippen molar-refractivity contribution in [3.63, 3.8) is 0 Å². The highest BCUT2D eigenvalue weighted by Crippen LogP contribution is 2.11. The lowest BCUT2D eigenvalue weighted by atomic mass is 10.0. The predicted octanol–water partition coefficient (Wildman–Crippen LogP) is 2.69. The van der Waals surface area contributed by atoms with Gasteiger partial charge in [0.2, 0.25) is 0 Å². The van der Waals surface area contributed by atoms with Crippen molar-refractivity contribution in [1.82, 2.24) is 5.32 Å². The highest BCUT2D eigenvalue weighted by Gasteiger charge is 2.03. The van der Waals surface area contributed by atoms with Gasteiger partial charge in [0.15, 0.2) is 5.84 Å². The first-order valence-electron chi connectivity index (χ1n) is 6.94. The number of rotatable bonds is 5. The van der Waals surface area contributed by atoms with E-state index >= 15 is 0 Å². The third kappa shape index (κ3) is 4.07. The van der Waals surface area contributed by atoms with Crippen molar-refractivity contribution in [2.24, 2.45) is 10.9 Å². The Bertz CT molecular complexity index is 633. The van der Waals surface area contributed by atoms with Crippen LogP contribution in [0.15, 0.2) is 47.6 Å². The molecule has 0 radical (unpaired) electrons. The monoisotopic (exact) mass is 283 g/mol. The Morgan fingerprint density at radius 2 is 1.81 bits per heavy atom. The van der Waals surface area contributed by atoms with Crippen molar-refractivity contribution in [3.8, 4) is 0 Å². The SMILES string of the molecule is Cc1ccc(CNCc2ccc(/C(N)=N/O)cc2C)cc1. The van der Waals surface area contributed by atoms with Gasteiger partial charge >= 0.3 is 0 Å². The Morgan fingerprint density at radius 3 is 2.43 bits per heavy atom. The van der Waals surface area contributed by atoms with E-state index in [4.69, 9.17) is 10.9 Å². The van der Waals surface area contributed by atoms with E-state index in [0.29, 0.717) is 0 Å². The van der Waals surface area contributed by atoms with E-state index in [1.54, 1.807) is 0 Å². The lowest BCUT2D eigenvalue weighted by Gasteiger charge is -2.10. The molecule has 4 nitrogen and oxygen atoms in total. The second-order valence-electron chi connectivity index (χ2n) is 5.22. The smallest absolute Gasteiger partial charge is 0.170 e. The minimum Gasteiger partial charge on any atom is -0.409 e. The summed E-state index contributed by atoms with van der Waals surface area (Å²) in [5.41, 5.74) is 11.2. The minimum absolute atomic E-state index is 0.136. The van der Waals surface area contributed by atoms with Gasteiger partial charge in [-0.05, 0) is 36.6 Å². The van der Waals surface area contributed by atoms with Gasteiger partial charge in [-0.25, -0.2) is 0 Å². The number of amidine groups is 1. The molecule has 4 N–H and O–H groups in total.